The van der Waals surface area contributed by atoms with Crippen molar-refractivity contribution in [3.8, 4) is 5.75 Å². The lowest BCUT2D eigenvalue weighted by molar-refractivity contribution is -0.148. The van der Waals surface area contributed by atoms with Crippen molar-refractivity contribution in [3.63, 3.8) is 0 Å². The van der Waals surface area contributed by atoms with Crippen molar-refractivity contribution in [2.24, 2.45) is 0 Å². The second-order valence-corrected chi connectivity index (χ2v) is 4.15. The number of ether oxygens (including phenoxy) is 1. The van der Waals surface area contributed by atoms with Crippen molar-refractivity contribution >= 4 is 21.9 Å². The second kappa shape index (κ2) is 5.55. The van der Waals surface area contributed by atoms with E-state index in [2.05, 4.69) is 20.7 Å². The highest BCUT2D eigenvalue weighted by atomic mass is 79.9. The van der Waals surface area contributed by atoms with Crippen molar-refractivity contribution in [1.29, 1.82) is 0 Å². The number of hydrogen-bond acceptors (Lipinski definition) is 2. The number of benzene rings is 1. The average molecular weight is 331 g/mol. The first kappa shape index (κ1) is 14.7. The topological polar surface area (TPSA) is 46.5 Å². The first-order chi connectivity index (χ1) is 8.24. The van der Waals surface area contributed by atoms with Crippen LogP contribution in [0.25, 0.3) is 0 Å². The van der Waals surface area contributed by atoms with Crippen LogP contribution in [0.15, 0.2) is 22.7 Å². The molecule has 100 valence electrons. The molecule has 0 aliphatic heterocycles. The van der Waals surface area contributed by atoms with Gasteiger partial charge < -0.3 is 9.84 Å². The Morgan fingerprint density at radius 1 is 1.44 bits per heavy atom. The highest BCUT2D eigenvalue weighted by Crippen LogP contribution is 2.26. The van der Waals surface area contributed by atoms with E-state index in [1.807, 2.05) is 0 Å². The van der Waals surface area contributed by atoms with Crippen LogP contribution in [-0.2, 0) is 0 Å². The van der Waals surface area contributed by atoms with Crippen LogP contribution in [0.1, 0.15) is 10.4 Å². The summed E-state index contributed by atoms with van der Waals surface area (Å²) in [5.41, 5.74) is -0.215. The van der Waals surface area contributed by atoms with E-state index < -0.39 is 24.9 Å². The summed E-state index contributed by atoms with van der Waals surface area (Å²) in [5, 5.41) is 8.75. The number of halogens is 5. The summed E-state index contributed by atoms with van der Waals surface area (Å²) in [6, 6.07) is 3.42. The van der Waals surface area contributed by atoms with Gasteiger partial charge in [-0.3, -0.25) is 0 Å². The molecule has 0 aliphatic carbocycles. The number of carboxylic acids is 1. The molecule has 0 spiro atoms. The van der Waals surface area contributed by atoms with Gasteiger partial charge in [0.15, 0.2) is 6.61 Å². The Morgan fingerprint density at radius 2 is 2.06 bits per heavy atom. The van der Waals surface area contributed by atoms with Crippen LogP contribution in [-0.4, -0.2) is 30.0 Å². The first-order valence-corrected chi connectivity index (χ1v) is 5.35. The second-order valence-electron chi connectivity index (χ2n) is 3.30. The van der Waals surface area contributed by atoms with Gasteiger partial charge in [0.25, 0.3) is 0 Å². The lowest BCUT2D eigenvalue weighted by Gasteiger charge is -2.16. The smallest absolute Gasteiger partial charge is 0.340 e. The predicted octanol–water partition coefficient (Wildman–Crippen LogP) is 3.43. The lowest BCUT2D eigenvalue weighted by Crippen LogP contribution is -2.33. The van der Waals surface area contributed by atoms with E-state index in [4.69, 9.17) is 5.11 Å². The molecular weight excluding hydrogens is 324 g/mol. The summed E-state index contributed by atoms with van der Waals surface area (Å²) in [6.45, 7) is -1.52. The molecule has 0 amide bonds. The van der Waals surface area contributed by atoms with Gasteiger partial charge in [0, 0.05) is 4.47 Å². The molecule has 1 aromatic carbocycles. The zero-order chi connectivity index (χ0) is 13.9. The molecule has 0 heterocycles. The van der Waals surface area contributed by atoms with Crippen LogP contribution >= 0.6 is 15.9 Å². The summed E-state index contributed by atoms with van der Waals surface area (Å²) in [7, 11) is 0. The fourth-order valence-electron chi connectivity index (χ4n) is 1.00. The van der Waals surface area contributed by atoms with Gasteiger partial charge in [-0.1, -0.05) is 0 Å². The Balaban J connectivity index is 2.81. The number of rotatable bonds is 5. The summed E-state index contributed by atoms with van der Waals surface area (Å²) >= 11 is 2.94. The van der Waals surface area contributed by atoms with E-state index in [1.165, 1.54) is 12.1 Å². The van der Waals surface area contributed by atoms with E-state index >= 15 is 0 Å². The molecule has 3 nitrogen and oxygen atoms in total. The number of aromatic carboxylic acids is 1. The molecule has 1 rings (SSSR count). The Labute approximate surface area is 107 Å². The minimum atomic E-state index is -4.28. The standard InChI is InChI=1S/C10H7BrF4O3/c11-7-2-1-5(3-6(7)8(16)17)18-4-10(14,15)9(12)13/h1-3,9H,4H2,(H,16,17). The van der Waals surface area contributed by atoms with Gasteiger partial charge in [-0.2, -0.15) is 8.78 Å². The molecule has 0 fully saturated rings. The minimum absolute atomic E-state index is 0.215. The number of hydrogen-bond donors (Lipinski definition) is 1. The van der Waals surface area contributed by atoms with Crippen LogP contribution in [0.2, 0.25) is 0 Å². The van der Waals surface area contributed by atoms with Gasteiger partial charge in [-0.25, -0.2) is 13.6 Å². The van der Waals surface area contributed by atoms with Crippen molar-refractivity contribution in [2.45, 2.75) is 12.3 Å². The Hall–Kier alpha value is -1.31. The molecule has 0 aromatic heterocycles. The summed E-state index contributed by atoms with van der Waals surface area (Å²) in [4.78, 5) is 10.7. The molecule has 1 N–H and O–H groups in total. The maximum atomic E-state index is 12.6. The molecule has 8 heteroatoms. The quantitative estimate of drug-likeness (QED) is 0.841. The Bertz CT molecular complexity index is 451. The Morgan fingerprint density at radius 3 is 2.56 bits per heavy atom. The highest BCUT2D eigenvalue weighted by Gasteiger charge is 2.41. The van der Waals surface area contributed by atoms with Gasteiger partial charge in [0.2, 0.25) is 0 Å². The van der Waals surface area contributed by atoms with Crippen LogP contribution < -0.4 is 4.74 Å². The molecule has 0 aliphatic rings. The van der Waals surface area contributed by atoms with Crippen molar-refractivity contribution in [3.05, 3.63) is 28.2 Å². The van der Waals surface area contributed by atoms with Gasteiger partial charge >= 0.3 is 18.3 Å². The van der Waals surface area contributed by atoms with E-state index in [9.17, 15) is 22.4 Å². The van der Waals surface area contributed by atoms with Crippen molar-refractivity contribution in [1.82, 2.24) is 0 Å². The van der Waals surface area contributed by atoms with Crippen molar-refractivity contribution in [2.75, 3.05) is 6.61 Å². The molecule has 1 aromatic rings. The van der Waals surface area contributed by atoms with Gasteiger partial charge in [0.05, 0.1) is 5.56 Å². The number of carbonyl (C=O) groups is 1. The molecule has 18 heavy (non-hydrogen) atoms. The van der Waals surface area contributed by atoms with Crippen LogP contribution in [0.5, 0.6) is 5.75 Å². The molecule has 0 saturated carbocycles. The molecular formula is C10H7BrF4O3. The monoisotopic (exact) mass is 330 g/mol. The van der Waals surface area contributed by atoms with E-state index in [-0.39, 0.29) is 15.8 Å². The largest absolute Gasteiger partial charge is 0.487 e. The molecule has 0 bridgehead atoms. The minimum Gasteiger partial charge on any atom is -0.487 e. The third-order valence-electron chi connectivity index (χ3n) is 1.92. The van der Waals surface area contributed by atoms with Gasteiger partial charge in [-0.15, -0.1) is 0 Å². The van der Waals surface area contributed by atoms with Crippen LogP contribution in [0.3, 0.4) is 0 Å². The normalized spacial score (nSPS) is 11.7. The summed E-state index contributed by atoms with van der Waals surface area (Å²) in [5.74, 6) is -5.81. The van der Waals surface area contributed by atoms with E-state index in [0.717, 1.165) is 6.07 Å². The summed E-state index contributed by atoms with van der Waals surface area (Å²) < 4.78 is 53.5. The molecule has 0 atom stereocenters. The van der Waals surface area contributed by atoms with Crippen LogP contribution in [0.4, 0.5) is 17.6 Å². The maximum Gasteiger partial charge on any atom is 0.340 e. The molecule has 0 saturated heterocycles. The Kier molecular flexibility index (Phi) is 4.55. The number of alkyl halides is 4. The first-order valence-electron chi connectivity index (χ1n) is 4.55. The van der Waals surface area contributed by atoms with E-state index in [0.29, 0.717) is 0 Å². The highest BCUT2D eigenvalue weighted by molar-refractivity contribution is 9.10. The summed E-state index contributed by atoms with van der Waals surface area (Å²) in [6.07, 6.45) is -3.84. The SMILES string of the molecule is O=C(O)c1cc(OCC(F)(F)C(F)F)ccc1Br. The average Bonchev–Trinajstić information content (AvgIpc) is 2.27. The third kappa shape index (κ3) is 3.59. The zero-order valence-corrected chi connectivity index (χ0v) is 10.3. The maximum absolute atomic E-state index is 12.6. The van der Waals surface area contributed by atoms with Crippen molar-refractivity contribution < 1.29 is 32.2 Å². The molecule has 0 radical (unpaired) electrons. The van der Waals surface area contributed by atoms with Gasteiger partial charge in [-0.05, 0) is 34.1 Å². The van der Waals surface area contributed by atoms with E-state index in [1.54, 1.807) is 0 Å². The fraction of sp³-hybridized carbons (Fsp3) is 0.300. The number of carboxylic acid groups (broad SMARTS) is 1. The van der Waals surface area contributed by atoms with Gasteiger partial charge in [0.1, 0.15) is 5.75 Å². The predicted molar refractivity (Wildman–Crippen MR) is 57.5 cm³/mol. The zero-order valence-electron chi connectivity index (χ0n) is 8.67. The molecule has 0 unspecified atom stereocenters. The lowest BCUT2D eigenvalue weighted by atomic mass is 10.2. The van der Waals surface area contributed by atoms with Crippen LogP contribution in [0, 0.1) is 0 Å². The fourth-order valence-corrected chi connectivity index (χ4v) is 1.42. The third-order valence-corrected chi connectivity index (χ3v) is 2.61.